The van der Waals surface area contributed by atoms with E-state index in [1.54, 1.807) is 18.2 Å². The molecule has 0 saturated carbocycles. The predicted molar refractivity (Wildman–Crippen MR) is 74.9 cm³/mol. The molecule has 0 atom stereocenters. The van der Waals surface area contributed by atoms with Gasteiger partial charge in [-0.25, -0.2) is 0 Å². The van der Waals surface area contributed by atoms with Crippen molar-refractivity contribution in [1.29, 1.82) is 0 Å². The summed E-state index contributed by atoms with van der Waals surface area (Å²) in [7, 11) is 0. The Labute approximate surface area is 112 Å². The Morgan fingerprint density at radius 2 is 1.95 bits per heavy atom. The number of anilines is 1. The van der Waals surface area contributed by atoms with Gasteiger partial charge in [0.1, 0.15) is 12.4 Å². The number of rotatable bonds is 4. The highest BCUT2D eigenvalue weighted by molar-refractivity contribution is 5.96. The first-order chi connectivity index (χ1) is 9.08. The number of ether oxygens (including phenoxy) is 1. The van der Waals surface area contributed by atoms with Gasteiger partial charge in [0, 0.05) is 11.8 Å². The summed E-state index contributed by atoms with van der Waals surface area (Å²) in [6.45, 7) is 2.38. The van der Waals surface area contributed by atoms with Crippen molar-refractivity contribution >= 4 is 11.6 Å². The maximum Gasteiger partial charge on any atom is 0.252 e. The van der Waals surface area contributed by atoms with E-state index < -0.39 is 5.91 Å². The van der Waals surface area contributed by atoms with Gasteiger partial charge in [0.25, 0.3) is 5.91 Å². The third-order valence-corrected chi connectivity index (χ3v) is 2.92. The monoisotopic (exact) mass is 256 g/mol. The van der Waals surface area contributed by atoms with Gasteiger partial charge in [-0.3, -0.25) is 4.79 Å². The summed E-state index contributed by atoms with van der Waals surface area (Å²) < 4.78 is 5.67. The molecular formula is C15H16N2O2. The zero-order valence-electron chi connectivity index (χ0n) is 10.7. The first kappa shape index (κ1) is 13.0. The normalized spacial score (nSPS) is 10.2. The Morgan fingerprint density at radius 1 is 1.21 bits per heavy atom. The maximum absolute atomic E-state index is 11.3. The second-order valence-corrected chi connectivity index (χ2v) is 4.34. The van der Waals surface area contributed by atoms with Crippen LogP contribution in [0.3, 0.4) is 0 Å². The summed E-state index contributed by atoms with van der Waals surface area (Å²) >= 11 is 0. The van der Waals surface area contributed by atoms with Gasteiger partial charge in [0.15, 0.2) is 0 Å². The second-order valence-electron chi connectivity index (χ2n) is 4.34. The van der Waals surface area contributed by atoms with Crippen molar-refractivity contribution in [2.45, 2.75) is 13.5 Å². The van der Waals surface area contributed by atoms with Crippen LogP contribution in [0.5, 0.6) is 5.75 Å². The van der Waals surface area contributed by atoms with Gasteiger partial charge in [-0.1, -0.05) is 24.3 Å². The van der Waals surface area contributed by atoms with Crippen molar-refractivity contribution in [3.63, 3.8) is 0 Å². The third-order valence-electron chi connectivity index (χ3n) is 2.92. The van der Waals surface area contributed by atoms with E-state index in [0.29, 0.717) is 23.6 Å². The van der Waals surface area contributed by atoms with Crippen molar-refractivity contribution in [3.8, 4) is 5.75 Å². The quantitative estimate of drug-likeness (QED) is 0.823. The number of amides is 1. The lowest BCUT2D eigenvalue weighted by molar-refractivity contribution is 0.0996. The Bertz CT molecular complexity index is 609. The van der Waals surface area contributed by atoms with Crippen molar-refractivity contribution in [1.82, 2.24) is 0 Å². The molecular weight excluding hydrogens is 240 g/mol. The molecule has 0 unspecified atom stereocenters. The minimum absolute atomic E-state index is 0.336. The van der Waals surface area contributed by atoms with Crippen molar-refractivity contribution in [2.24, 2.45) is 5.73 Å². The van der Waals surface area contributed by atoms with E-state index in [4.69, 9.17) is 16.2 Å². The molecule has 0 fully saturated rings. The molecule has 0 aliphatic carbocycles. The van der Waals surface area contributed by atoms with Gasteiger partial charge >= 0.3 is 0 Å². The van der Waals surface area contributed by atoms with Crippen molar-refractivity contribution < 1.29 is 9.53 Å². The molecule has 4 nitrogen and oxygen atoms in total. The van der Waals surface area contributed by atoms with E-state index >= 15 is 0 Å². The highest BCUT2D eigenvalue weighted by Crippen LogP contribution is 2.23. The highest BCUT2D eigenvalue weighted by atomic mass is 16.5. The first-order valence-electron chi connectivity index (χ1n) is 5.94. The first-order valence-corrected chi connectivity index (χ1v) is 5.94. The Morgan fingerprint density at radius 3 is 2.63 bits per heavy atom. The minimum Gasteiger partial charge on any atom is -0.488 e. The fraction of sp³-hybridized carbons (Fsp3) is 0.133. The molecule has 0 aromatic heterocycles. The molecule has 19 heavy (non-hydrogen) atoms. The van der Waals surface area contributed by atoms with Crippen LogP contribution in [0.2, 0.25) is 0 Å². The van der Waals surface area contributed by atoms with Crippen LogP contribution in [-0.2, 0) is 6.61 Å². The molecule has 4 N–H and O–H groups in total. The van der Waals surface area contributed by atoms with Crippen LogP contribution in [0, 0.1) is 6.92 Å². The molecule has 2 rings (SSSR count). The van der Waals surface area contributed by atoms with E-state index in [1.165, 1.54) is 0 Å². The fourth-order valence-electron chi connectivity index (χ4n) is 1.79. The summed E-state index contributed by atoms with van der Waals surface area (Å²) in [5.41, 5.74) is 14.1. The summed E-state index contributed by atoms with van der Waals surface area (Å²) in [4.78, 5) is 11.3. The molecule has 0 bridgehead atoms. The smallest absolute Gasteiger partial charge is 0.252 e. The molecule has 0 spiro atoms. The molecule has 2 aromatic rings. The number of primary amides is 1. The predicted octanol–water partition coefficient (Wildman–Crippen LogP) is 2.26. The summed E-state index contributed by atoms with van der Waals surface area (Å²) in [5, 5.41) is 0. The summed E-state index contributed by atoms with van der Waals surface area (Å²) in [5.74, 6) is -0.115. The molecule has 4 heteroatoms. The van der Waals surface area contributed by atoms with Crippen LogP contribution < -0.4 is 16.2 Å². The molecule has 2 aromatic carbocycles. The van der Waals surface area contributed by atoms with Crippen LogP contribution in [0.1, 0.15) is 21.5 Å². The zero-order chi connectivity index (χ0) is 13.8. The maximum atomic E-state index is 11.3. The fourth-order valence-corrected chi connectivity index (χ4v) is 1.79. The number of aryl methyl sites for hydroxylation is 1. The van der Waals surface area contributed by atoms with Crippen molar-refractivity contribution in [3.05, 3.63) is 59.2 Å². The Hall–Kier alpha value is -2.49. The summed E-state index contributed by atoms with van der Waals surface area (Å²) in [6.07, 6.45) is 0. The highest BCUT2D eigenvalue weighted by Gasteiger charge is 2.10. The van der Waals surface area contributed by atoms with Gasteiger partial charge in [-0.05, 0) is 30.2 Å². The van der Waals surface area contributed by atoms with E-state index in [9.17, 15) is 4.79 Å². The van der Waals surface area contributed by atoms with E-state index in [2.05, 4.69) is 0 Å². The van der Waals surface area contributed by atoms with Crippen LogP contribution in [0.25, 0.3) is 0 Å². The van der Waals surface area contributed by atoms with Crippen LogP contribution in [0.15, 0.2) is 42.5 Å². The summed E-state index contributed by atoms with van der Waals surface area (Å²) in [6, 6.07) is 12.7. The van der Waals surface area contributed by atoms with Crippen LogP contribution >= 0.6 is 0 Å². The number of nitrogens with two attached hydrogens (primary N) is 2. The van der Waals surface area contributed by atoms with Crippen LogP contribution in [-0.4, -0.2) is 5.91 Å². The lowest BCUT2D eigenvalue weighted by Crippen LogP contribution is -2.13. The number of hydrogen-bond acceptors (Lipinski definition) is 3. The second kappa shape index (κ2) is 5.44. The molecule has 1 amide bonds. The lowest BCUT2D eigenvalue weighted by atomic mass is 10.1. The molecule has 98 valence electrons. The molecule has 0 saturated heterocycles. The number of nitrogen functional groups attached to an aromatic ring is 1. The van der Waals surface area contributed by atoms with Crippen LogP contribution in [0.4, 0.5) is 5.69 Å². The van der Waals surface area contributed by atoms with E-state index in [0.717, 1.165) is 11.1 Å². The van der Waals surface area contributed by atoms with E-state index in [-0.39, 0.29) is 0 Å². The largest absolute Gasteiger partial charge is 0.488 e. The number of benzene rings is 2. The third kappa shape index (κ3) is 3.04. The van der Waals surface area contributed by atoms with E-state index in [1.807, 2.05) is 31.2 Å². The average molecular weight is 256 g/mol. The Balaban J connectivity index is 2.22. The van der Waals surface area contributed by atoms with Gasteiger partial charge < -0.3 is 16.2 Å². The van der Waals surface area contributed by atoms with Gasteiger partial charge in [-0.2, -0.15) is 0 Å². The Kier molecular flexibility index (Phi) is 3.71. The van der Waals surface area contributed by atoms with Gasteiger partial charge in [0.05, 0.1) is 5.56 Å². The zero-order valence-corrected chi connectivity index (χ0v) is 10.7. The SMILES string of the molecule is Cc1ccccc1COc1cc(N)ccc1C(N)=O. The number of hydrogen-bond donors (Lipinski definition) is 2. The van der Waals surface area contributed by atoms with Crippen molar-refractivity contribution in [2.75, 3.05) is 5.73 Å². The molecule has 0 heterocycles. The topological polar surface area (TPSA) is 78.3 Å². The molecule has 0 aliphatic heterocycles. The minimum atomic E-state index is -0.528. The number of carbonyl (C=O) groups excluding carboxylic acids is 1. The van der Waals surface area contributed by atoms with Gasteiger partial charge in [-0.15, -0.1) is 0 Å². The molecule has 0 radical (unpaired) electrons. The molecule has 0 aliphatic rings. The number of carbonyl (C=O) groups is 1. The average Bonchev–Trinajstić information content (AvgIpc) is 2.37. The standard InChI is InChI=1S/C15H16N2O2/c1-10-4-2-3-5-11(10)9-19-14-8-12(16)6-7-13(14)15(17)18/h2-8H,9,16H2,1H3,(H2,17,18). The van der Waals surface area contributed by atoms with Gasteiger partial charge in [0.2, 0.25) is 0 Å². The lowest BCUT2D eigenvalue weighted by Gasteiger charge is -2.11.